The molecule has 3 heteroatoms. The van der Waals surface area contributed by atoms with Crippen molar-refractivity contribution < 1.29 is 15.0 Å². The van der Waals surface area contributed by atoms with Crippen molar-refractivity contribution in [3.05, 3.63) is 35.4 Å². The van der Waals surface area contributed by atoms with Crippen LogP contribution in [0.4, 0.5) is 0 Å². The maximum atomic E-state index is 10.5. The van der Waals surface area contributed by atoms with Crippen molar-refractivity contribution in [3.8, 4) is 0 Å². The number of aliphatic hydroxyl groups is 1. The second kappa shape index (κ2) is 4.03. The Morgan fingerprint density at radius 3 is 2.80 bits per heavy atom. The van der Waals surface area contributed by atoms with Crippen LogP contribution in [-0.2, 0) is 11.2 Å². The first-order valence-electron chi connectivity index (χ1n) is 5.16. The van der Waals surface area contributed by atoms with Crippen LogP contribution in [0.2, 0.25) is 0 Å². The molecule has 1 aromatic carbocycles. The van der Waals surface area contributed by atoms with Crippen molar-refractivity contribution >= 4 is 5.97 Å². The van der Waals surface area contributed by atoms with Crippen molar-refractivity contribution in [2.24, 2.45) is 0 Å². The first kappa shape index (κ1) is 10.2. The third kappa shape index (κ3) is 2.57. The van der Waals surface area contributed by atoms with Gasteiger partial charge >= 0.3 is 5.97 Å². The molecule has 0 aromatic heterocycles. The lowest BCUT2D eigenvalue weighted by Crippen LogP contribution is -2.21. The summed E-state index contributed by atoms with van der Waals surface area (Å²) in [6, 6.07) is 7.85. The summed E-state index contributed by atoms with van der Waals surface area (Å²) in [5.41, 5.74) is 2.17. The summed E-state index contributed by atoms with van der Waals surface area (Å²) in [7, 11) is 0. The standard InChI is InChI=1S/C12H14O3/c13-11(12(14)15)7-8-2-1-3-10(6-8)9-4-5-9/h1-3,6,9,11,13H,4-5,7H2,(H,14,15). The number of hydrogen-bond acceptors (Lipinski definition) is 2. The molecule has 0 spiro atoms. The summed E-state index contributed by atoms with van der Waals surface area (Å²) in [5.74, 6) is -0.501. The average molecular weight is 206 g/mol. The monoisotopic (exact) mass is 206 g/mol. The Hall–Kier alpha value is -1.35. The zero-order valence-electron chi connectivity index (χ0n) is 8.39. The van der Waals surface area contributed by atoms with Crippen LogP contribution in [0.15, 0.2) is 24.3 Å². The molecule has 1 fully saturated rings. The van der Waals surface area contributed by atoms with Crippen LogP contribution in [0, 0.1) is 0 Å². The average Bonchev–Trinajstić information content (AvgIpc) is 3.01. The molecule has 0 radical (unpaired) electrons. The Kier molecular flexibility index (Phi) is 2.73. The minimum Gasteiger partial charge on any atom is -0.479 e. The largest absolute Gasteiger partial charge is 0.479 e. The fourth-order valence-corrected chi connectivity index (χ4v) is 1.70. The van der Waals surface area contributed by atoms with Crippen molar-refractivity contribution in [3.63, 3.8) is 0 Å². The van der Waals surface area contributed by atoms with Gasteiger partial charge in [0.15, 0.2) is 6.10 Å². The van der Waals surface area contributed by atoms with Gasteiger partial charge in [0.25, 0.3) is 0 Å². The summed E-state index contributed by atoms with van der Waals surface area (Å²) in [6.07, 6.45) is 1.35. The highest BCUT2D eigenvalue weighted by atomic mass is 16.4. The molecule has 0 heterocycles. The van der Waals surface area contributed by atoms with Crippen molar-refractivity contribution in [1.82, 2.24) is 0 Å². The van der Waals surface area contributed by atoms with E-state index < -0.39 is 12.1 Å². The molecule has 3 nitrogen and oxygen atoms in total. The third-order valence-corrected chi connectivity index (χ3v) is 2.71. The normalized spacial score (nSPS) is 17.4. The summed E-state index contributed by atoms with van der Waals surface area (Å²) in [4.78, 5) is 10.5. The van der Waals surface area contributed by atoms with Gasteiger partial charge < -0.3 is 10.2 Å². The number of aliphatic hydroxyl groups excluding tert-OH is 1. The molecule has 1 unspecified atom stereocenters. The van der Waals surface area contributed by atoms with E-state index in [2.05, 4.69) is 6.07 Å². The second-order valence-corrected chi connectivity index (χ2v) is 4.08. The molecule has 0 bridgehead atoms. The number of carboxylic acid groups (broad SMARTS) is 1. The van der Waals surface area contributed by atoms with Crippen LogP contribution in [0.3, 0.4) is 0 Å². The molecular formula is C12H14O3. The van der Waals surface area contributed by atoms with Gasteiger partial charge in [-0.2, -0.15) is 0 Å². The lowest BCUT2D eigenvalue weighted by atomic mass is 10.0. The summed E-state index contributed by atoms with van der Waals surface area (Å²) < 4.78 is 0. The number of benzene rings is 1. The molecule has 1 aliphatic carbocycles. The Morgan fingerprint density at radius 2 is 2.20 bits per heavy atom. The molecule has 80 valence electrons. The first-order valence-corrected chi connectivity index (χ1v) is 5.16. The molecule has 1 aliphatic rings. The summed E-state index contributed by atoms with van der Waals surface area (Å²) in [5, 5.41) is 17.8. The van der Waals surface area contributed by atoms with E-state index in [1.807, 2.05) is 18.2 Å². The predicted octanol–water partition coefficient (Wildman–Crippen LogP) is 1.55. The minimum absolute atomic E-state index is 0.190. The molecule has 1 atom stereocenters. The van der Waals surface area contributed by atoms with Gasteiger partial charge in [0.1, 0.15) is 0 Å². The van der Waals surface area contributed by atoms with Gasteiger partial charge in [-0.25, -0.2) is 4.79 Å². The van der Waals surface area contributed by atoms with Crippen LogP contribution < -0.4 is 0 Å². The molecule has 1 aromatic rings. The van der Waals surface area contributed by atoms with Gasteiger partial charge in [0.2, 0.25) is 0 Å². The SMILES string of the molecule is O=C(O)C(O)Cc1cccc(C2CC2)c1. The van der Waals surface area contributed by atoms with E-state index in [4.69, 9.17) is 5.11 Å². The molecule has 0 aliphatic heterocycles. The number of hydrogen-bond donors (Lipinski definition) is 2. The molecule has 2 N–H and O–H groups in total. The first-order chi connectivity index (χ1) is 7.16. The summed E-state index contributed by atoms with van der Waals surface area (Å²) in [6.45, 7) is 0. The zero-order valence-corrected chi connectivity index (χ0v) is 8.39. The number of carbonyl (C=O) groups is 1. The van der Waals surface area contributed by atoms with Gasteiger partial charge in [-0.3, -0.25) is 0 Å². The van der Waals surface area contributed by atoms with E-state index in [-0.39, 0.29) is 6.42 Å². The van der Waals surface area contributed by atoms with Gasteiger partial charge in [0.05, 0.1) is 0 Å². The highest BCUT2D eigenvalue weighted by Crippen LogP contribution is 2.40. The quantitative estimate of drug-likeness (QED) is 0.785. The zero-order chi connectivity index (χ0) is 10.8. The van der Waals surface area contributed by atoms with Gasteiger partial charge in [-0.05, 0) is 29.9 Å². The predicted molar refractivity (Wildman–Crippen MR) is 55.8 cm³/mol. The fraction of sp³-hybridized carbons (Fsp3) is 0.417. The number of aliphatic carboxylic acids is 1. The highest BCUT2D eigenvalue weighted by molar-refractivity contribution is 5.72. The van der Waals surface area contributed by atoms with E-state index in [0.717, 1.165) is 5.56 Å². The van der Waals surface area contributed by atoms with Crippen LogP contribution in [0.5, 0.6) is 0 Å². The molecule has 2 rings (SSSR count). The maximum absolute atomic E-state index is 10.5. The minimum atomic E-state index is -1.29. The van der Waals surface area contributed by atoms with E-state index in [9.17, 15) is 9.90 Å². The smallest absolute Gasteiger partial charge is 0.332 e. The molecule has 15 heavy (non-hydrogen) atoms. The van der Waals surface area contributed by atoms with Gasteiger partial charge in [-0.15, -0.1) is 0 Å². The van der Waals surface area contributed by atoms with Crippen molar-refractivity contribution in [2.75, 3.05) is 0 Å². The van der Waals surface area contributed by atoms with E-state index in [1.165, 1.54) is 18.4 Å². The van der Waals surface area contributed by atoms with Crippen LogP contribution in [0.25, 0.3) is 0 Å². The lowest BCUT2D eigenvalue weighted by Gasteiger charge is -2.07. The van der Waals surface area contributed by atoms with Gasteiger partial charge in [-0.1, -0.05) is 24.3 Å². The van der Waals surface area contributed by atoms with E-state index in [1.54, 1.807) is 0 Å². The number of carboxylic acids is 1. The third-order valence-electron chi connectivity index (χ3n) is 2.71. The fourth-order valence-electron chi connectivity index (χ4n) is 1.70. The highest BCUT2D eigenvalue weighted by Gasteiger charge is 2.23. The lowest BCUT2D eigenvalue weighted by molar-refractivity contribution is -0.146. The summed E-state index contributed by atoms with van der Waals surface area (Å²) >= 11 is 0. The second-order valence-electron chi connectivity index (χ2n) is 4.08. The van der Waals surface area contributed by atoms with Crippen molar-refractivity contribution in [1.29, 1.82) is 0 Å². The maximum Gasteiger partial charge on any atom is 0.332 e. The molecule has 0 amide bonds. The Bertz CT molecular complexity index is 369. The molecule has 0 saturated heterocycles. The van der Waals surface area contributed by atoms with E-state index >= 15 is 0 Å². The Labute approximate surface area is 88.4 Å². The van der Waals surface area contributed by atoms with Crippen LogP contribution in [-0.4, -0.2) is 22.3 Å². The van der Waals surface area contributed by atoms with E-state index in [0.29, 0.717) is 5.92 Å². The van der Waals surface area contributed by atoms with Crippen LogP contribution >= 0.6 is 0 Å². The Balaban J connectivity index is 2.07. The van der Waals surface area contributed by atoms with Crippen LogP contribution in [0.1, 0.15) is 29.9 Å². The molecule has 1 saturated carbocycles. The van der Waals surface area contributed by atoms with Crippen molar-refractivity contribution in [2.45, 2.75) is 31.3 Å². The van der Waals surface area contributed by atoms with Gasteiger partial charge in [0, 0.05) is 6.42 Å². The topological polar surface area (TPSA) is 57.5 Å². The Morgan fingerprint density at radius 1 is 1.47 bits per heavy atom. The molecular weight excluding hydrogens is 192 g/mol. The number of rotatable bonds is 4.